The van der Waals surface area contributed by atoms with Crippen molar-refractivity contribution in [2.24, 2.45) is 4.99 Å². The highest BCUT2D eigenvalue weighted by molar-refractivity contribution is 6.18. The van der Waals surface area contributed by atoms with Gasteiger partial charge in [-0.2, -0.15) is 0 Å². The predicted molar refractivity (Wildman–Crippen MR) is 99.8 cm³/mol. The number of hydrogen-bond acceptors (Lipinski definition) is 5. The van der Waals surface area contributed by atoms with Crippen LogP contribution in [0.2, 0.25) is 0 Å². The lowest BCUT2D eigenvalue weighted by Crippen LogP contribution is -2.14. The molecule has 0 unspecified atom stereocenters. The van der Waals surface area contributed by atoms with E-state index in [0.29, 0.717) is 34.3 Å². The van der Waals surface area contributed by atoms with Crippen LogP contribution in [0.1, 0.15) is 25.0 Å². The molecule has 0 bridgehead atoms. The average Bonchev–Trinajstić information content (AvgIpc) is 2.64. The lowest BCUT2D eigenvalue weighted by Gasteiger charge is -2.19. The number of benzene rings is 2. The molecular weight excluding hydrogens is 337 g/mol. The fraction of sp³-hybridized carbons (Fsp3) is 0.350. The molecule has 26 heavy (non-hydrogen) atoms. The highest BCUT2D eigenvalue weighted by Gasteiger charge is 2.25. The Labute approximate surface area is 153 Å². The molecule has 5 nitrogen and oxygen atoms in total. The third-order valence-corrected chi connectivity index (χ3v) is 3.77. The van der Waals surface area contributed by atoms with E-state index in [1.165, 1.54) is 27.4 Å². The van der Waals surface area contributed by atoms with Crippen molar-refractivity contribution in [2.45, 2.75) is 19.9 Å². The SMILES string of the molecule is COc1cc(OC)c(C(=NC(C)C)c2c(F)cccc2OC)c(OC)c1. The molecule has 2 rings (SSSR count). The molecule has 140 valence electrons. The van der Waals surface area contributed by atoms with Gasteiger partial charge >= 0.3 is 0 Å². The van der Waals surface area contributed by atoms with Crippen LogP contribution in [0.3, 0.4) is 0 Å². The van der Waals surface area contributed by atoms with Gasteiger partial charge in [-0.25, -0.2) is 4.39 Å². The predicted octanol–water partition coefficient (Wildman–Crippen LogP) is 4.11. The maximum atomic E-state index is 14.8. The zero-order valence-corrected chi connectivity index (χ0v) is 15.9. The molecule has 0 aliphatic heterocycles. The Morgan fingerprint density at radius 2 is 1.42 bits per heavy atom. The molecule has 2 aromatic carbocycles. The van der Waals surface area contributed by atoms with Crippen molar-refractivity contribution in [3.8, 4) is 23.0 Å². The van der Waals surface area contributed by atoms with E-state index >= 15 is 0 Å². The molecule has 0 spiro atoms. The van der Waals surface area contributed by atoms with E-state index in [-0.39, 0.29) is 11.6 Å². The van der Waals surface area contributed by atoms with E-state index < -0.39 is 5.82 Å². The summed E-state index contributed by atoms with van der Waals surface area (Å²) in [6, 6.07) is 7.98. The molecule has 0 amide bonds. The molecule has 6 heteroatoms. The van der Waals surface area contributed by atoms with Crippen molar-refractivity contribution in [1.82, 2.24) is 0 Å². The Morgan fingerprint density at radius 3 is 1.88 bits per heavy atom. The number of methoxy groups -OCH3 is 4. The number of ether oxygens (including phenoxy) is 4. The number of hydrogen-bond donors (Lipinski definition) is 0. The van der Waals surface area contributed by atoms with Gasteiger partial charge in [0, 0.05) is 18.2 Å². The summed E-state index contributed by atoms with van der Waals surface area (Å²) in [4.78, 5) is 4.66. The average molecular weight is 361 g/mol. The fourth-order valence-corrected chi connectivity index (χ4v) is 2.66. The largest absolute Gasteiger partial charge is 0.496 e. The minimum atomic E-state index is -0.441. The van der Waals surface area contributed by atoms with Gasteiger partial charge in [0.15, 0.2) is 0 Å². The third kappa shape index (κ3) is 3.90. The van der Waals surface area contributed by atoms with Gasteiger partial charge in [0.25, 0.3) is 0 Å². The van der Waals surface area contributed by atoms with Crippen LogP contribution < -0.4 is 18.9 Å². The maximum absolute atomic E-state index is 14.8. The van der Waals surface area contributed by atoms with Gasteiger partial charge in [-0.15, -0.1) is 0 Å². The van der Waals surface area contributed by atoms with E-state index in [2.05, 4.69) is 4.99 Å². The molecular formula is C20H24FNO4. The highest BCUT2D eigenvalue weighted by atomic mass is 19.1. The summed E-state index contributed by atoms with van der Waals surface area (Å²) in [5.41, 5.74) is 1.18. The Kier molecular flexibility index (Phi) is 6.44. The molecule has 2 aromatic rings. The zero-order chi connectivity index (χ0) is 19.3. The Morgan fingerprint density at radius 1 is 0.846 bits per heavy atom. The molecule has 0 aliphatic rings. The quantitative estimate of drug-likeness (QED) is 0.697. The smallest absolute Gasteiger partial charge is 0.136 e. The topological polar surface area (TPSA) is 49.3 Å². The van der Waals surface area contributed by atoms with E-state index in [4.69, 9.17) is 18.9 Å². The van der Waals surface area contributed by atoms with Gasteiger partial charge in [-0.05, 0) is 26.0 Å². The molecule has 0 radical (unpaired) electrons. The summed E-state index contributed by atoms with van der Waals surface area (Å²) in [6.45, 7) is 3.82. The molecule has 0 aromatic heterocycles. The molecule has 0 aliphatic carbocycles. The van der Waals surface area contributed by atoms with Crippen LogP contribution in [0.4, 0.5) is 4.39 Å². The van der Waals surface area contributed by atoms with Crippen molar-refractivity contribution in [3.05, 3.63) is 47.3 Å². The van der Waals surface area contributed by atoms with Crippen molar-refractivity contribution < 1.29 is 23.3 Å². The summed E-state index contributed by atoms with van der Waals surface area (Å²) in [5.74, 6) is 1.43. The molecule has 0 atom stereocenters. The third-order valence-electron chi connectivity index (χ3n) is 3.77. The second-order valence-electron chi connectivity index (χ2n) is 5.80. The van der Waals surface area contributed by atoms with Crippen LogP contribution in [0.15, 0.2) is 35.3 Å². The lowest BCUT2D eigenvalue weighted by molar-refractivity contribution is 0.374. The van der Waals surface area contributed by atoms with Gasteiger partial charge in [0.05, 0.1) is 45.3 Å². The summed E-state index contributed by atoms with van der Waals surface area (Å²) in [6.07, 6.45) is 0. The Balaban J connectivity index is 2.87. The number of aliphatic imine (C=N–C) groups is 1. The monoisotopic (exact) mass is 361 g/mol. The van der Waals surface area contributed by atoms with Crippen molar-refractivity contribution in [2.75, 3.05) is 28.4 Å². The fourth-order valence-electron chi connectivity index (χ4n) is 2.66. The van der Waals surface area contributed by atoms with Crippen molar-refractivity contribution in [1.29, 1.82) is 0 Å². The first-order chi connectivity index (χ1) is 12.5. The van der Waals surface area contributed by atoms with Crippen molar-refractivity contribution >= 4 is 5.71 Å². The van der Waals surface area contributed by atoms with Gasteiger partial charge < -0.3 is 18.9 Å². The first kappa shape index (κ1) is 19.6. The summed E-state index contributed by atoms with van der Waals surface area (Å²) in [5, 5.41) is 0. The second-order valence-corrected chi connectivity index (χ2v) is 5.80. The Bertz CT molecular complexity index is 777. The number of rotatable bonds is 7. The zero-order valence-electron chi connectivity index (χ0n) is 15.9. The van der Waals surface area contributed by atoms with Gasteiger partial charge in [0.1, 0.15) is 28.8 Å². The van der Waals surface area contributed by atoms with E-state index in [1.54, 1.807) is 31.4 Å². The van der Waals surface area contributed by atoms with Crippen LogP contribution in [0.25, 0.3) is 0 Å². The summed E-state index contributed by atoms with van der Waals surface area (Å²) < 4.78 is 36.5. The summed E-state index contributed by atoms with van der Waals surface area (Å²) >= 11 is 0. The van der Waals surface area contributed by atoms with Crippen LogP contribution in [0.5, 0.6) is 23.0 Å². The van der Waals surface area contributed by atoms with Crippen molar-refractivity contribution in [3.63, 3.8) is 0 Å². The molecule has 0 saturated carbocycles. The highest BCUT2D eigenvalue weighted by Crippen LogP contribution is 2.38. The number of nitrogens with zero attached hydrogens (tertiary/aromatic N) is 1. The summed E-state index contributed by atoms with van der Waals surface area (Å²) in [7, 11) is 6.11. The minimum Gasteiger partial charge on any atom is -0.496 e. The van der Waals surface area contributed by atoms with Gasteiger partial charge in [0.2, 0.25) is 0 Å². The number of halogens is 1. The van der Waals surface area contributed by atoms with E-state index in [1.807, 2.05) is 13.8 Å². The standard InChI is InChI=1S/C20H24FNO4/c1-12(2)22-20(18-14(21)8-7-9-15(18)24-4)19-16(25-5)10-13(23-3)11-17(19)26-6/h7-12H,1-6H3. The maximum Gasteiger partial charge on any atom is 0.136 e. The first-order valence-electron chi connectivity index (χ1n) is 8.17. The van der Waals surface area contributed by atoms with Gasteiger partial charge in [-0.1, -0.05) is 6.07 Å². The first-order valence-corrected chi connectivity index (χ1v) is 8.17. The molecule has 0 saturated heterocycles. The van der Waals surface area contributed by atoms with Crippen LogP contribution in [-0.2, 0) is 0 Å². The van der Waals surface area contributed by atoms with Gasteiger partial charge in [-0.3, -0.25) is 4.99 Å². The van der Waals surface area contributed by atoms with E-state index in [0.717, 1.165) is 0 Å². The van der Waals surface area contributed by atoms with Crippen LogP contribution >= 0.6 is 0 Å². The minimum absolute atomic E-state index is 0.0918. The van der Waals surface area contributed by atoms with Crippen LogP contribution in [0, 0.1) is 5.82 Å². The molecule has 0 N–H and O–H groups in total. The molecule has 0 heterocycles. The van der Waals surface area contributed by atoms with E-state index in [9.17, 15) is 4.39 Å². The second kappa shape index (κ2) is 8.56. The lowest BCUT2D eigenvalue weighted by atomic mass is 9.98. The molecule has 0 fully saturated rings. The Hall–Kier alpha value is -2.76. The van der Waals surface area contributed by atoms with Crippen LogP contribution in [-0.4, -0.2) is 40.2 Å². The normalized spacial score (nSPS) is 11.5.